The summed E-state index contributed by atoms with van der Waals surface area (Å²) in [5.41, 5.74) is 1.71. The Labute approximate surface area is 184 Å². The van der Waals surface area contributed by atoms with E-state index in [2.05, 4.69) is 15.1 Å². The van der Waals surface area contributed by atoms with Crippen molar-refractivity contribution in [3.63, 3.8) is 0 Å². The molecule has 1 N–H and O–H groups in total. The molecule has 4 aromatic heterocycles. The topological polar surface area (TPSA) is 96.8 Å². The molecular formula is C21H18F2N6O2S. The number of aryl methyl sites for hydroxylation is 1. The van der Waals surface area contributed by atoms with E-state index in [1.165, 1.54) is 28.5 Å². The Morgan fingerprint density at radius 1 is 1.19 bits per heavy atom. The average molecular weight is 456 g/mol. The van der Waals surface area contributed by atoms with E-state index in [0.717, 1.165) is 5.69 Å². The van der Waals surface area contributed by atoms with Gasteiger partial charge in [0.1, 0.15) is 10.5 Å². The number of H-pyrrole nitrogens is 1. The van der Waals surface area contributed by atoms with Crippen molar-refractivity contribution in [1.29, 1.82) is 0 Å². The van der Waals surface area contributed by atoms with Crippen LogP contribution in [0.3, 0.4) is 0 Å². The molecule has 0 unspecified atom stereocenters. The number of likely N-dealkylation sites (tertiary alicyclic amines) is 1. The number of aromatic amines is 1. The van der Waals surface area contributed by atoms with Gasteiger partial charge >= 0.3 is 0 Å². The molecule has 0 aliphatic carbocycles. The lowest BCUT2D eigenvalue weighted by molar-refractivity contribution is -0.0493. The second kappa shape index (κ2) is 7.59. The molecule has 1 fully saturated rings. The molecule has 5 rings (SSSR count). The summed E-state index contributed by atoms with van der Waals surface area (Å²) in [4.78, 5) is 38.8. The molecule has 1 aliphatic heterocycles. The van der Waals surface area contributed by atoms with Gasteiger partial charge in [-0.2, -0.15) is 5.10 Å². The van der Waals surface area contributed by atoms with Gasteiger partial charge in [-0.25, -0.2) is 18.7 Å². The first-order valence-electron chi connectivity index (χ1n) is 9.97. The maximum atomic E-state index is 13.5. The molecule has 8 nitrogen and oxygen atoms in total. The Bertz CT molecular complexity index is 1360. The van der Waals surface area contributed by atoms with Gasteiger partial charge in [-0.3, -0.25) is 14.3 Å². The summed E-state index contributed by atoms with van der Waals surface area (Å²) in [6, 6.07) is 6.54. The van der Waals surface area contributed by atoms with Crippen LogP contribution in [0.15, 0.2) is 41.5 Å². The van der Waals surface area contributed by atoms with Crippen molar-refractivity contribution in [3.8, 4) is 22.8 Å². The minimum Gasteiger partial charge on any atom is -0.338 e. The summed E-state index contributed by atoms with van der Waals surface area (Å²) in [6.07, 6.45) is 2.51. The number of pyridine rings is 1. The van der Waals surface area contributed by atoms with Gasteiger partial charge < -0.3 is 9.88 Å². The number of carbonyl (C=O) groups is 1. The van der Waals surface area contributed by atoms with Crippen LogP contribution in [0.1, 0.15) is 22.5 Å². The molecule has 4 aromatic rings. The third kappa shape index (κ3) is 3.68. The number of carbonyl (C=O) groups excluding carboxylic acids is 1. The lowest BCUT2D eigenvalue weighted by Gasteiger charge is -2.31. The number of hydrogen-bond acceptors (Lipinski definition) is 6. The van der Waals surface area contributed by atoms with E-state index in [-0.39, 0.29) is 37.4 Å². The van der Waals surface area contributed by atoms with Crippen molar-refractivity contribution < 1.29 is 13.6 Å². The highest BCUT2D eigenvalue weighted by atomic mass is 32.1. The predicted octanol–water partition coefficient (Wildman–Crippen LogP) is 3.32. The van der Waals surface area contributed by atoms with Gasteiger partial charge in [-0.1, -0.05) is 0 Å². The number of thiophene rings is 1. The van der Waals surface area contributed by atoms with Crippen LogP contribution in [0.2, 0.25) is 0 Å². The number of halogens is 2. The van der Waals surface area contributed by atoms with Crippen molar-refractivity contribution in [2.24, 2.45) is 7.05 Å². The van der Waals surface area contributed by atoms with Crippen LogP contribution < -0.4 is 5.56 Å². The standard InChI is InChI=1S/C21H18F2N6O2S/c1-28-14(4-7-25-28)17-13-10-15(20(31)29-8-5-21(22,23)6-9-29)32-19(13)27-18(26-17)12-2-3-16(30)24-11-12/h2-4,7,10-11H,5-6,8-9H2,1H3,(H,24,30). The first-order valence-corrected chi connectivity index (χ1v) is 10.8. The SMILES string of the molecule is Cn1nccc1-c1nc(-c2ccc(=O)[nH]c2)nc2sc(C(=O)N3CCC(F)(F)CC3)cc12. The summed E-state index contributed by atoms with van der Waals surface area (Å²) >= 11 is 1.20. The molecule has 0 bridgehead atoms. The van der Waals surface area contributed by atoms with Gasteiger partial charge in [0.05, 0.1) is 10.6 Å². The van der Waals surface area contributed by atoms with Gasteiger partial charge in [0.15, 0.2) is 5.82 Å². The molecule has 32 heavy (non-hydrogen) atoms. The lowest BCUT2D eigenvalue weighted by Crippen LogP contribution is -2.42. The number of fused-ring (bicyclic) bond motifs is 1. The van der Waals surface area contributed by atoms with Crippen molar-refractivity contribution in [1.82, 2.24) is 29.6 Å². The maximum Gasteiger partial charge on any atom is 0.264 e. The molecule has 11 heteroatoms. The highest BCUT2D eigenvalue weighted by Gasteiger charge is 2.36. The zero-order chi connectivity index (χ0) is 22.5. The molecule has 1 amide bonds. The fourth-order valence-corrected chi connectivity index (χ4v) is 4.70. The van der Waals surface area contributed by atoms with E-state index in [1.54, 1.807) is 30.1 Å². The Morgan fingerprint density at radius 3 is 2.62 bits per heavy atom. The molecule has 0 saturated carbocycles. The second-order valence-electron chi connectivity index (χ2n) is 7.66. The van der Waals surface area contributed by atoms with Crippen LogP contribution in [0.25, 0.3) is 33.0 Å². The average Bonchev–Trinajstić information content (AvgIpc) is 3.39. The third-order valence-electron chi connectivity index (χ3n) is 5.49. The number of aromatic nitrogens is 5. The Kier molecular flexibility index (Phi) is 4.85. The minimum atomic E-state index is -2.72. The van der Waals surface area contributed by atoms with Gasteiger partial charge in [0.2, 0.25) is 5.56 Å². The summed E-state index contributed by atoms with van der Waals surface area (Å²) in [7, 11) is 1.79. The first-order chi connectivity index (χ1) is 15.3. The first kappa shape index (κ1) is 20.4. The largest absolute Gasteiger partial charge is 0.338 e. The van der Waals surface area contributed by atoms with E-state index in [1.807, 2.05) is 6.07 Å². The zero-order valence-corrected chi connectivity index (χ0v) is 17.8. The third-order valence-corrected chi connectivity index (χ3v) is 6.51. The molecule has 5 heterocycles. The van der Waals surface area contributed by atoms with Crippen molar-refractivity contribution >= 4 is 27.5 Å². The monoisotopic (exact) mass is 456 g/mol. The number of nitrogens with zero attached hydrogens (tertiary/aromatic N) is 5. The van der Waals surface area contributed by atoms with E-state index in [0.29, 0.717) is 32.2 Å². The molecule has 0 atom stereocenters. The van der Waals surface area contributed by atoms with Gasteiger partial charge in [0, 0.05) is 62.4 Å². The number of hydrogen-bond donors (Lipinski definition) is 1. The normalized spacial score (nSPS) is 15.9. The quantitative estimate of drug-likeness (QED) is 0.510. The van der Waals surface area contributed by atoms with Crippen LogP contribution in [-0.2, 0) is 7.05 Å². The fourth-order valence-electron chi connectivity index (χ4n) is 3.70. The van der Waals surface area contributed by atoms with Crippen LogP contribution in [0.4, 0.5) is 8.78 Å². The lowest BCUT2D eigenvalue weighted by atomic mass is 10.1. The summed E-state index contributed by atoms with van der Waals surface area (Å²) in [5, 5.41) is 4.89. The Morgan fingerprint density at radius 2 is 1.97 bits per heavy atom. The minimum absolute atomic E-state index is 0.0168. The molecule has 0 radical (unpaired) electrons. The van der Waals surface area contributed by atoms with Gasteiger partial charge in [0.25, 0.3) is 11.8 Å². The van der Waals surface area contributed by atoms with Crippen LogP contribution in [0.5, 0.6) is 0 Å². The van der Waals surface area contributed by atoms with Crippen molar-refractivity contribution in [2.45, 2.75) is 18.8 Å². The van der Waals surface area contributed by atoms with Crippen molar-refractivity contribution in [3.05, 3.63) is 51.9 Å². The Balaban J connectivity index is 1.61. The smallest absolute Gasteiger partial charge is 0.264 e. The predicted molar refractivity (Wildman–Crippen MR) is 116 cm³/mol. The number of alkyl halides is 2. The summed E-state index contributed by atoms with van der Waals surface area (Å²) in [6.45, 7) is 0.0337. The zero-order valence-electron chi connectivity index (χ0n) is 17.0. The Hall–Kier alpha value is -3.47. The highest BCUT2D eigenvalue weighted by Crippen LogP contribution is 2.35. The molecule has 1 saturated heterocycles. The van der Waals surface area contributed by atoms with E-state index in [9.17, 15) is 18.4 Å². The van der Waals surface area contributed by atoms with E-state index in [4.69, 9.17) is 4.98 Å². The van der Waals surface area contributed by atoms with Crippen LogP contribution in [-0.4, -0.2) is 54.6 Å². The van der Waals surface area contributed by atoms with Gasteiger partial charge in [-0.15, -0.1) is 11.3 Å². The second-order valence-corrected chi connectivity index (χ2v) is 8.69. The molecule has 1 aliphatic rings. The number of nitrogens with one attached hydrogen (secondary N) is 1. The van der Waals surface area contributed by atoms with E-state index >= 15 is 0 Å². The molecular weight excluding hydrogens is 438 g/mol. The highest BCUT2D eigenvalue weighted by molar-refractivity contribution is 7.20. The number of rotatable bonds is 3. The van der Waals surface area contributed by atoms with Crippen LogP contribution in [0, 0.1) is 0 Å². The molecule has 164 valence electrons. The fraction of sp³-hybridized carbons (Fsp3) is 0.286. The maximum absolute atomic E-state index is 13.5. The van der Waals surface area contributed by atoms with E-state index < -0.39 is 5.92 Å². The number of piperidine rings is 1. The molecule has 0 aromatic carbocycles. The van der Waals surface area contributed by atoms with Crippen LogP contribution >= 0.6 is 11.3 Å². The number of amides is 1. The van der Waals surface area contributed by atoms with Gasteiger partial charge in [-0.05, 0) is 18.2 Å². The summed E-state index contributed by atoms with van der Waals surface area (Å²) < 4.78 is 28.7. The summed E-state index contributed by atoms with van der Waals surface area (Å²) in [5.74, 6) is -2.62. The van der Waals surface area contributed by atoms with Crippen molar-refractivity contribution in [2.75, 3.05) is 13.1 Å². The molecule has 0 spiro atoms.